The van der Waals surface area contributed by atoms with E-state index in [0.29, 0.717) is 0 Å². The molecule has 1 aromatic rings. The molecule has 1 amide bonds. The van der Waals surface area contributed by atoms with E-state index in [1.165, 1.54) is 13.3 Å². The summed E-state index contributed by atoms with van der Waals surface area (Å²) in [6, 6.07) is 0.365. The highest BCUT2D eigenvalue weighted by atomic mass is 16.6. The largest absolute Gasteiger partial charge is 0.453 e. The van der Waals surface area contributed by atoms with Gasteiger partial charge in [0.2, 0.25) is 0 Å². The molecular formula is C12H17N3O7. The predicted octanol–water partition coefficient (Wildman–Crippen LogP) is -2.10. The molecule has 10 heteroatoms. The fourth-order valence-electron chi connectivity index (χ4n) is 2.38. The van der Waals surface area contributed by atoms with E-state index in [-0.39, 0.29) is 6.42 Å². The van der Waals surface area contributed by atoms with Gasteiger partial charge in [-0.25, -0.2) is 9.59 Å². The molecule has 22 heavy (non-hydrogen) atoms. The Morgan fingerprint density at radius 2 is 2.23 bits per heavy atom. The van der Waals surface area contributed by atoms with E-state index in [1.54, 1.807) is 0 Å². The summed E-state index contributed by atoms with van der Waals surface area (Å²) in [5.41, 5.74) is -2.71. The number of rotatable bonds is 4. The van der Waals surface area contributed by atoms with Crippen LogP contribution in [0.25, 0.3) is 0 Å². The summed E-state index contributed by atoms with van der Waals surface area (Å²) in [7, 11) is 1.18. The first-order chi connectivity index (χ1) is 10.5. The van der Waals surface area contributed by atoms with E-state index in [4.69, 9.17) is 4.74 Å². The minimum absolute atomic E-state index is 0.0994. The van der Waals surface area contributed by atoms with Crippen LogP contribution >= 0.6 is 0 Å². The highest BCUT2D eigenvalue weighted by molar-refractivity contribution is 5.67. The number of methoxy groups -OCH3 is 1. The number of alkyl carbamates (subject to hydrolysis) is 1. The van der Waals surface area contributed by atoms with Crippen molar-refractivity contribution in [3.63, 3.8) is 0 Å². The lowest BCUT2D eigenvalue weighted by molar-refractivity contribution is -0.129. The summed E-state index contributed by atoms with van der Waals surface area (Å²) >= 11 is 0. The number of aliphatic hydroxyl groups excluding tert-OH is 2. The lowest BCUT2D eigenvalue weighted by Crippen LogP contribution is -2.54. The van der Waals surface area contributed by atoms with Gasteiger partial charge in [0.15, 0.2) is 0 Å². The lowest BCUT2D eigenvalue weighted by Gasteiger charge is -2.30. The SMILES string of the molecule is COC(=O)N[C@H]1C[C@H](n2ccc(=O)[nH]c2=O)OC1(CO)CO. The third kappa shape index (κ3) is 2.89. The van der Waals surface area contributed by atoms with Crippen molar-refractivity contribution in [1.29, 1.82) is 0 Å². The summed E-state index contributed by atoms with van der Waals surface area (Å²) in [4.78, 5) is 36.3. The van der Waals surface area contributed by atoms with Crippen LogP contribution in [-0.4, -0.2) is 57.8 Å². The fourth-order valence-corrected chi connectivity index (χ4v) is 2.38. The fraction of sp³-hybridized carbons (Fsp3) is 0.583. The number of aromatic amines is 1. The van der Waals surface area contributed by atoms with E-state index >= 15 is 0 Å². The molecule has 0 unspecified atom stereocenters. The van der Waals surface area contributed by atoms with E-state index in [2.05, 4.69) is 15.0 Å². The second-order valence-corrected chi connectivity index (χ2v) is 4.90. The molecule has 1 fully saturated rings. The maximum Gasteiger partial charge on any atom is 0.407 e. The van der Waals surface area contributed by atoms with Crippen LogP contribution in [0.4, 0.5) is 4.79 Å². The normalized spacial score (nSPS) is 23.2. The highest BCUT2D eigenvalue weighted by Gasteiger charge is 2.50. The number of nitrogens with zero attached hydrogens (tertiary/aromatic N) is 1. The van der Waals surface area contributed by atoms with Crippen LogP contribution in [0.15, 0.2) is 21.9 Å². The molecule has 0 saturated carbocycles. The van der Waals surface area contributed by atoms with Crippen LogP contribution in [0.3, 0.4) is 0 Å². The van der Waals surface area contributed by atoms with Crippen LogP contribution in [0, 0.1) is 0 Å². The van der Waals surface area contributed by atoms with Crippen molar-refractivity contribution in [3.05, 3.63) is 33.1 Å². The van der Waals surface area contributed by atoms with Gasteiger partial charge in [-0.1, -0.05) is 0 Å². The molecule has 2 atom stereocenters. The van der Waals surface area contributed by atoms with Crippen LogP contribution in [0.2, 0.25) is 0 Å². The lowest BCUT2D eigenvalue weighted by atomic mass is 9.96. The topological polar surface area (TPSA) is 143 Å². The second-order valence-electron chi connectivity index (χ2n) is 4.90. The van der Waals surface area contributed by atoms with Gasteiger partial charge in [-0.2, -0.15) is 0 Å². The summed E-state index contributed by atoms with van der Waals surface area (Å²) in [6.07, 6.45) is -0.284. The summed E-state index contributed by atoms with van der Waals surface area (Å²) < 4.78 is 11.2. The highest BCUT2D eigenvalue weighted by Crippen LogP contribution is 2.35. The Kier molecular flexibility index (Phi) is 4.64. The van der Waals surface area contributed by atoms with Gasteiger partial charge in [0.1, 0.15) is 11.8 Å². The smallest absolute Gasteiger partial charge is 0.407 e. The maximum atomic E-state index is 11.8. The second kappa shape index (κ2) is 6.30. The molecule has 1 aromatic heterocycles. The van der Waals surface area contributed by atoms with Crippen LogP contribution in [-0.2, 0) is 9.47 Å². The Hall–Kier alpha value is -2.17. The predicted molar refractivity (Wildman–Crippen MR) is 72.3 cm³/mol. The Bertz CT molecular complexity index is 649. The van der Waals surface area contributed by atoms with Crippen molar-refractivity contribution in [2.45, 2.75) is 24.3 Å². The van der Waals surface area contributed by atoms with E-state index < -0.39 is 48.4 Å². The first kappa shape index (κ1) is 16.2. The van der Waals surface area contributed by atoms with E-state index in [1.807, 2.05) is 0 Å². The van der Waals surface area contributed by atoms with Gasteiger partial charge in [0, 0.05) is 18.7 Å². The van der Waals surface area contributed by atoms with Crippen molar-refractivity contribution >= 4 is 6.09 Å². The van der Waals surface area contributed by atoms with Gasteiger partial charge in [-0.05, 0) is 0 Å². The molecule has 0 radical (unpaired) electrons. The number of hydrogen-bond donors (Lipinski definition) is 4. The molecular weight excluding hydrogens is 298 g/mol. The Labute approximate surface area is 124 Å². The summed E-state index contributed by atoms with van der Waals surface area (Å²) in [5, 5.41) is 21.5. The Balaban J connectivity index is 2.31. The van der Waals surface area contributed by atoms with E-state index in [0.717, 1.165) is 10.6 Å². The summed E-state index contributed by atoms with van der Waals surface area (Å²) in [5.74, 6) is 0. The molecule has 1 aliphatic heterocycles. The van der Waals surface area contributed by atoms with Crippen molar-refractivity contribution in [3.8, 4) is 0 Å². The molecule has 10 nitrogen and oxygen atoms in total. The van der Waals surface area contributed by atoms with Crippen molar-refractivity contribution in [2.75, 3.05) is 20.3 Å². The maximum absolute atomic E-state index is 11.8. The van der Waals surface area contributed by atoms with Gasteiger partial charge < -0.3 is 25.0 Å². The molecule has 1 aliphatic rings. The minimum Gasteiger partial charge on any atom is -0.453 e. The number of carbonyl (C=O) groups is 1. The van der Waals surface area contributed by atoms with E-state index in [9.17, 15) is 24.6 Å². The third-order valence-corrected chi connectivity index (χ3v) is 3.62. The number of carbonyl (C=O) groups excluding carboxylic acids is 1. The molecule has 0 spiro atoms. The molecule has 122 valence electrons. The molecule has 1 saturated heterocycles. The monoisotopic (exact) mass is 315 g/mol. The molecule has 4 N–H and O–H groups in total. The Morgan fingerprint density at radius 1 is 1.55 bits per heavy atom. The minimum atomic E-state index is -1.46. The van der Waals surface area contributed by atoms with Gasteiger partial charge in [0.25, 0.3) is 5.56 Å². The van der Waals surface area contributed by atoms with Gasteiger partial charge in [-0.3, -0.25) is 14.3 Å². The number of H-pyrrole nitrogens is 1. The van der Waals surface area contributed by atoms with Crippen molar-refractivity contribution < 1.29 is 24.5 Å². The van der Waals surface area contributed by atoms with Crippen LogP contribution in [0.5, 0.6) is 0 Å². The number of hydrogen-bond acceptors (Lipinski definition) is 7. The van der Waals surface area contributed by atoms with Crippen LogP contribution < -0.4 is 16.6 Å². The number of ether oxygens (including phenoxy) is 2. The van der Waals surface area contributed by atoms with Gasteiger partial charge in [-0.15, -0.1) is 0 Å². The zero-order valence-electron chi connectivity index (χ0n) is 11.8. The van der Waals surface area contributed by atoms with Gasteiger partial charge in [0.05, 0.1) is 26.4 Å². The first-order valence-corrected chi connectivity index (χ1v) is 6.51. The van der Waals surface area contributed by atoms with Crippen molar-refractivity contribution in [2.24, 2.45) is 0 Å². The average Bonchev–Trinajstić information content (AvgIpc) is 2.86. The number of aromatic nitrogens is 2. The molecule has 2 heterocycles. The zero-order valence-corrected chi connectivity index (χ0v) is 11.8. The standard InChI is InChI=1S/C12H17N3O7/c1-21-11(20)13-7-4-9(22-12(7,5-16)6-17)15-3-2-8(18)14-10(15)19/h2-3,7,9,16-17H,4-6H2,1H3,(H,13,20)(H,14,18,19)/t7-,9+/m0/s1. The number of amides is 1. The molecule has 2 rings (SSSR count). The Morgan fingerprint density at radius 3 is 2.77 bits per heavy atom. The molecule has 0 aliphatic carbocycles. The number of nitrogens with one attached hydrogen (secondary N) is 2. The van der Waals surface area contributed by atoms with Crippen LogP contribution in [0.1, 0.15) is 12.6 Å². The average molecular weight is 315 g/mol. The van der Waals surface area contributed by atoms with Gasteiger partial charge >= 0.3 is 11.8 Å². The zero-order chi connectivity index (χ0) is 16.3. The number of aliphatic hydroxyl groups is 2. The van der Waals surface area contributed by atoms with Crippen molar-refractivity contribution in [1.82, 2.24) is 14.9 Å². The summed E-state index contributed by atoms with van der Waals surface area (Å²) in [6.45, 7) is -1.15. The first-order valence-electron chi connectivity index (χ1n) is 6.51. The molecule has 0 aromatic carbocycles. The third-order valence-electron chi connectivity index (χ3n) is 3.62. The molecule has 0 bridgehead atoms. The quantitative estimate of drug-likeness (QED) is 0.498.